The van der Waals surface area contributed by atoms with Gasteiger partial charge in [0, 0.05) is 38.3 Å². The standard InChI is InChI=1S/C15H16F2N4O/c1-20-4-8-6-21(7-9(8)5-20)15(22)14-18-12-3-10(16)2-11(17)13(12)19-14/h2-3,8-9H,4-7H2,1H3,(H,18,19)/t8-,9+. The molecule has 4 rings (SSSR count). The maximum absolute atomic E-state index is 13.7. The first kappa shape index (κ1) is 13.6. The van der Waals surface area contributed by atoms with Crippen molar-refractivity contribution in [3.05, 3.63) is 29.6 Å². The van der Waals surface area contributed by atoms with Crippen molar-refractivity contribution in [2.75, 3.05) is 33.2 Å². The molecule has 0 unspecified atom stereocenters. The van der Waals surface area contributed by atoms with Gasteiger partial charge in [-0.1, -0.05) is 0 Å². The van der Waals surface area contributed by atoms with Gasteiger partial charge in [-0.3, -0.25) is 4.79 Å². The summed E-state index contributed by atoms with van der Waals surface area (Å²) in [5.74, 6) is -0.614. The number of carbonyl (C=O) groups is 1. The van der Waals surface area contributed by atoms with E-state index in [4.69, 9.17) is 0 Å². The molecule has 116 valence electrons. The van der Waals surface area contributed by atoms with Crippen LogP contribution < -0.4 is 0 Å². The molecule has 22 heavy (non-hydrogen) atoms. The van der Waals surface area contributed by atoms with Gasteiger partial charge in [-0.2, -0.15) is 0 Å². The van der Waals surface area contributed by atoms with Crippen LogP contribution >= 0.6 is 0 Å². The molecule has 3 heterocycles. The molecular formula is C15H16F2N4O. The number of amides is 1. The van der Waals surface area contributed by atoms with Gasteiger partial charge in [-0.15, -0.1) is 0 Å². The third-order valence-corrected chi connectivity index (χ3v) is 4.67. The van der Waals surface area contributed by atoms with E-state index in [-0.39, 0.29) is 22.8 Å². The third-order valence-electron chi connectivity index (χ3n) is 4.67. The van der Waals surface area contributed by atoms with Gasteiger partial charge in [-0.25, -0.2) is 13.8 Å². The first-order valence-corrected chi connectivity index (χ1v) is 7.34. The summed E-state index contributed by atoms with van der Waals surface area (Å²) in [6, 6.07) is 1.91. The van der Waals surface area contributed by atoms with Crippen LogP contribution in [0.4, 0.5) is 8.78 Å². The number of hydrogen-bond donors (Lipinski definition) is 1. The molecule has 2 fully saturated rings. The summed E-state index contributed by atoms with van der Waals surface area (Å²) in [7, 11) is 2.08. The van der Waals surface area contributed by atoms with Crippen LogP contribution in [0.25, 0.3) is 11.0 Å². The van der Waals surface area contributed by atoms with Crippen LogP contribution in [-0.4, -0.2) is 58.9 Å². The van der Waals surface area contributed by atoms with E-state index < -0.39 is 11.6 Å². The minimum atomic E-state index is -0.735. The molecule has 1 aromatic carbocycles. The van der Waals surface area contributed by atoms with Gasteiger partial charge in [0.25, 0.3) is 5.91 Å². The van der Waals surface area contributed by atoms with Crippen LogP contribution in [0.1, 0.15) is 10.6 Å². The zero-order valence-corrected chi connectivity index (χ0v) is 12.1. The summed E-state index contributed by atoms with van der Waals surface area (Å²) in [6.07, 6.45) is 0. The second kappa shape index (κ2) is 4.74. The fraction of sp³-hybridized carbons (Fsp3) is 0.467. The second-order valence-corrected chi connectivity index (χ2v) is 6.32. The Bertz CT molecular complexity index is 745. The lowest BCUT2D eigenvalue weighted by molar-refractivity contribution is 0.0765. The SMILES string of the molecule is CN1C[C@@H]2CN(C(=O)c3nc4cc(F)cc(F)c4[nH]3)C[C@@H]2C1. The Hall–Kier alpha value is -2.02. The van der Waals surface area contributed by atoms with Crippen LogP contribution in [0.2, 0.25) is 0 Å². The smallest absolute Gasteiger partial charge is 0.289 e. The zero-order chi connectivity index (χ0) is 15.4. The molecule has 0 saturated carbocycles. The molecule has 7 heteroatoms. The number of carbonyl (C=O) groups excluding carboxylic acids is 1. The van der Waals surface area contributed by atoms with Crippen LogP contribution in [-0.2, 0) is 0 Å². The fourth-order valence-electron chi connectivity index (χ4n) is 3.68. The van der Waals surface area contributed by atoms with Crippen molar-refractivity contribution in [3.8, 4) is 0 Å². The average molecular weight is 306 g/mol. The maximum Gasteiger partial charge on any atom is 0.289 e. The van der Waals surface area contributed by atoms with Gasteiger partial charge in [0.15, 0.2) is 11.6 Å². The minimum absolute atomic E-state index is 0.0730. The van der Waals surface area contributed by atoms with Crippen molar-refractivity contribution in [1.82, 2.24) is 19.8 Å². The zero-order valence-electron chi connectivity index (χ0n) is 12.1. The molecule has 0 radical (unpaired) electrons. The highest BCUT2D eigenvalue weighted by molar-refractivity contribution is 5.94. The number of rotatable bonds is 1. The van der Waals surface area contributed by atoms with E-state index in [1.807, 2.05) is 0 Å². The molecule has 2 aromatic rings. The monoisotopic (exact) mass is 306 g/mol. The Kier molecular flexibility index (Phi) is 2.94. The van der Waals surface area contributed by atoms with Crippen LogP contribution in [0.15, 0.2) is 12.1 Å². The van der Waals surface area contributed by atoms with Crippen molar-refractivity contribution >= 4 is 16.9 Å². The molecule has 2 aliphatic heterocycles. The number of imidazole rings is 1. The highest BCUT2D eigenvalue weighted by Gasteiger charge is 2.41. The average Bonchev–Trinajstić information content (AvgIpc) is 3.09. The molecule has 2 saturated heterocycles. The summed E-state index contributed by atoms with van der Waals surface area (Å²) in [5, 5.41) is 0. The molecule has 0 bridgehead atoms. The quantitative estimate of drug-likeness (QED) is 0.868. The Labute approximate surface area is 125 Å². The van der Waals surface area contributed by atoms with E-state index in [9.17, 15) is 13.6 Å². The Morgan fingerprint density at radius 3 is 2.59 bits per heavy atom. The molecule has 1 amide bonds. The van der Waals surface area contributed by atoms with Gasteiger partial charge >= 0.3 is 0 Å². The summed E-state index contributed by atoms with van der Waals surface area (Å²) >= 11 is 0. The highest BCUT2D eigenvalue weighted by Crippen LogP contribution is 2.31. The topological polar surface area (TPSA) is 52.2 Å². The predicted molar refractivity (Wildman–Crippen MR) is 76.4 cm³/mol. The number of H-pyrrole nitrogens is 1. The van der Waals surface area contributed by atoms with Crippen LogP contribution in [0.5, 0.6) is 0 Å². The van der Waals surface area contributed by atoms with Gasteiger partial charge in [0.1, 0.15) is 11.3 Å². The van der Waals surface area contributed by atoms with E-state index in [0.29, 0.717) is 24.9 Å². The number of nitrogens with one attached hydrogen (secondary N) is 1. The van der Waals surface area contributed by atoms with E-state index >= 15 is 0 Å². The van der Waals surface area contributed by atoms with Gasteiger partial charge in [-0.05, 0) is 18.9 Å². The third kappa shape index (κ3) is 2.08. The van der Waals surface area contributed by atoms with Crippen LogP contribution in [0.3, 0.4) is 0 Å². The van der Waals surface area contributed by atoms with Crippen molar-refractivity contribution < 1.29 is 13.6 Å². The van der Waals surface area contributed by atoms with E-state index in [2.05, 4.69) is 21.9 Å². The lowest BCUT2D eigenvalue weighted by Crippen LogP contribution is -2.32. The molecule has 0 spiro atoms. The Morgan fingerprint density at radius 2 is 1.91 bits per heavy atom. The number of nitrogens with zero attached hydrogens (tertiary/aromatic N) is 3. The number of benzene rings is 1. The maximum atomic E-state index is 13.7. The van der Waals surface area contributed by atoms with Gasteiger partial charge in [0.2, 0.25) is 0 Å². The fourth-order valence-corrected chi connectivity index (χ4v) is 3.68. The van der Waals surface area contributed by atoms with Crippen molar-refractivity contribution in [1.29, 1.82) is 0 Å². The largest absolute Gasteiger partial charge is 0.335 e. The number of aromatic nitrogens is 2. The molecule has 2 atom stereocenters. The first-order valence-electron chi connectivity index (χ1n) is 7.34. The van der Waals surface area contributed by atoms with Crippen molar-refractivity contribution in [2.24, 2.45) is 11.8 Å². The van der Waals surface area contributed by atoms with E-state index in [0.717, 1.165) is 25.2 Å². The van der Waals surface area contributed by atoms with Gasteiger partial charge in [0.05, 0.1) is 5.52 Å². The van der Waals surface area contributed by atoms with E-state index in [1.165, 1.54) is 0 Å². The van der Waals surface area contributed by atoms with Crippen LogP contribution in [0, 0.1) is 23.5 Å². The molecule has 2 aliphatic rings. The molecule has 1 aromatic heterocycles. The summed E-state index contributed by atoms with van der Waals surface area (Å²) in [4.78, 5) is 23.3. The van der Waals surface area contributed by atoms with Crippen molar-refractivity contribution in [2.45, 2.75) is 0 Å². The molecule has 0 aliphatic carbocycles. The number of hydrogen-bond acceptors (Lipinski definition) is 3. The molecule has 5 nitrogen and oxygen atoms in total. The molecule has 1 N–H and O–H groups in total. The first-order chi connectivity index (χ1) is 10.5. The highest BCUT2D eigenvalue weighted by atomic mass is 19.1. The summed E-state index contributed by atoms with van der Waals surface area (Å²) in [6.45, 7) is 3.38. The number of aromatic amines is 1. The second-order valence-electron chi connectivity index (χ2n) is 6.32. The number of likely N-dealkylation sites (tertiary alicyclic amines) is 2. The van der Waals surface area contributed by atoms with Crippen molar-refractivity contribution in [3.63, 3.8) is 0 Å². The predicted octanol–water partition coefficient (Wildman–Crippen LogP) is 1.47. The molecular weight excluding hydrogens is 290 g/mol. The summed E-state index contributed by atoms with van der Waals surface area (Å²) in [5.41, 5.74) is 0.212. The van der Waals surface area contributed by atoms with E-state index in [1.54, 1.807) is 4.90 Å². The summed E-state index contributed by atoms with van der Waals surface area (Å²) < 4.78 is 26.9. The minimum Gasteiger partial charge on any atom is -0.335 e. The number of fused-ring (bicyclic) bond motifs is 2. The Balaban J connectivity index is 1.60. The lowest BCUT2D eigenvalue weighted by atomic mass is 10.0. The lowest BCUT2D eigenvalue weighted by Gasteiger charge is -2.18. The number of halogens is 2. The van der Waals surface area contributed by atoms with Gasteiger partial charge < -0.3 is 14.8 Å². The Morgan fingerprint density at radius 1 is 1.23 bits per heavy atom. The normalized spacial score (nSPS) is 25.1.